The van der Waals surface area contributed by atoms with Gasteiger partial charge in [-0.2, -0.15) is 4.39 Å². The maximum absolute atomic E-state index is 11.6. The molecule has 1 atom stereocenters. The number of ether oxygens (including phenoxy) is 2. The summed E-state index contributed by atoms with van der Waals surface area (Å²) in [5.41, 5.74) is 0. The standard InChI is InChI=1S/C3H3FO3.C2H4/c4-2-1-6-3(5)7-2;1-2/h2H,1H2;1-2H2. The Kier molecular flexibility index (Phi) is 3.43. The maximum atomic E-state index is 11.6. The Morgan fingerprint density at radius 2 is 2.22 bits per heavy atom. The molecule has 0 aromatic carbocycles. The van der Waals surface area contributed by atoms with Crippen molar-refractivity contribution in [3.63, 3.8) is 0 Å². The molecule has 1 heterocycles. The molecular formula is C5H7FO3. The average molecular weight is 134 g/mol. The van der Waals surface area contributed by atoms with Crippen molar-refractivity contribution < 1.29 is 18.7 Å². The van der Waals surface area contributed by atoms with Crippen LogP contribution in [0.25, 0.3) is 0 Å². The van der Waals surface area contributed by atoms with Crippen LogP contribution in [0.1, 0.15) is 0 Å². The van der Waals surface area contributed by atoms with Gasteiger partial charge in [0, 0.05) is 0 Å². The summed E-state index contributed by atoms with van der Waals surface area (Å²) in [5, 5.41) is 0. The van der Waals surface area contributed by atoms with E-state index in [0.717, 1.165) is 0 Å². The van der Waals surface area contributed by atoms with Crippen molar-refractivity contribution in [3.8, 4) is 0 Å². The van der Waals surface area contributed by atoms with Crippen molar-refractivity contribution in [2.75, 3.05) is 6.61 Å². The van der Waals surface area contributed by atoms with Crippen LogP contribution in [0.2, 0.25) is 0 Å². The zero-order valence-electron chi connectivity index (χ0n) is 4.80. The molecule has 3 nitrogen and oxygen atoms in total. The SMILES string of the molecule is C=C.O=C1OCC(F)O1. The lowest BCUT2D eigenvalue weighted by molar-refractivity contribution is 0.0573. The first-order valence-electron chi connectivity index (χ1n) is 2.26. The second kappa shape index (κ2) is 3.88. The molecule has 1 rings (SSSR count). The van der Waals surface area contributed by atoms with E-state index in [9.17, 15) is 9.18 Å². The largest absolute Gasteiger partial charge is 0.511 e. The summed E-state index contributed by atoms with van der Waals surface area (Å²) in [4.78, 5) is 9.77. The number of rotatable bonds is 0. The molecule has 0 aliphatic carbocycles. The summed E-state index contributed by atoms with van der Waals surface area (Å²) >= 11 is 0. The number of carbonyl (C=O) groups is 1. The normalized spacial score (nSPS) is 23.2. The number of hydrogen-bond donors (Lipinski definition) is 0. The van der Waals surface area contributed by atoms with Crippen LogP contribution in [0.3, 0.4) is 0 Å². The highest BCUT2D eigenvalue weighted by Gasteiger charge is 2.23. The van der Waals surface area contributed by atoms with E-state index in [1.165, 1.54) is 0 Å². The van der Waals surface area contributed by atoms with Gasteiger partial charge in [-0.05, 0) is 0 Å². The van der Waals surface area contributed by atoms with Gasteiger partial charge in [-0.3, -0.25) is 0 Å². The molecule has 1 unspecified atom stereocenters. The van der Waals surface area contributed by atoms with Gasteiger partial charge in [0.1, 0.15) is 0 Å². The van der Waals surface area contributed by atoms with Crippen molar-refractivity contribution in [2.24, 2.45) is 0 Å². The van der Waals surface area contributed by atoms with Crippen LogP contribution in [0.5, 0.6) is 0 Å². The lowest BCUT2D eigenvalue weighted by Crippen LogP contribution is -1.98. The number of cyclic esters (lactones) is 2. The molecule has 1 saturated heterocycles. The number of alkyl halides is 1. The van der Waals surface area contributed by atoms with Gasteiger partial charge < -0.3 is 9.47 Å². The van der Waals surface area contributed by atoms with E-state index >= 15 is 0 Å². The van der Waals surface area contributed by atoms with Crippen molar-refractivity contribution in [1.82, 2.24) is 0 Å². The molecule has 0 amide bonds. The van der Waals surface area contributed by atoms with Crippen LogP contribution in [-0.4, -0.2) is 19.1 Å². The Morgan fingerprint density at radius 3 is 2.33 bits per heavy atom. The highest BCUT2D eigenvalue weighted by atomic mass is 19.1. The molecule has 0 aromatic rings. The molecule has 1 aliphatic rings. The molecule has 0 radical (unpaired) electrons. The van der Waals surface area contributed by atoms with E-state index in [0.29, 0.717) is 0 Å². The molecule has 1 fully saturated rings. The highest BCUT2D eigenvalue weighted by Crippen LogP contribution is 2.05. The van der Waals surface area contributed by atoms with E-state index in [4.69, 9.17) is 0 Å². The van der Waals surface area contributed by atoms with Crippen molar-refractivity contribution >= 4 is 6.16 Å². The third kappa shape index (κ3) is 2.69. The number of carbonyl (C=O) groups excluding carboxylic acids is 1. The minimum Gasteiger partial charge on any atom is -0.427 e. The molecule has 0 saturated carbocycles. The quantitative estimate of drug-likeness (QED) is 0.369. The van der Waals surface area contributed by atoms with Gasteiger partial charge in [-0.25, -0.2) is 4.79 Å². The molecule has 4 heteroatoms. The van der Waals surface area contributed by atoms with Crippen LogP contribution in [0.15, 0.2) is 13.2 Å². The van der Waals surface area contributed by atoms with Gasteiger partial charge in [0.15, 0.2) is 6.61 Å². The van der Waals surface area contributed by atoms with E-state index in [1.54, 1.807) is 0 Å². The summed E-state index contributed by atoms with van der Waals surface area (Å²) in [5.74, 6) is 0. The van der Waals surface area contributed by atoms with Gasteiger partial charge in [0.2, 0.25) is 0 Å². The molecule has 0 aromatic heterocycles. The average Bonchev–Trinajstić information content (AvgIpc) is 2.20. The fraction of sp³-hybridized carbons (Fsp3) is 0.400. The smallest absolute Gasteiger partial charge is 0.427 e. The van der Waals surface area contributed by atoms with E-state index in [-0.39, 0.29) is 6.61 Å². The summed E-state index contributed by atoms with van der Waals surface area (Å²) in [6, 6.07) is 0. The van der Waals surface area contributed by atoms with E-state index in [2.05, 4.69) is 22.6 Å². The minimum absolute atomic E-state index is 0.265. The summed E-state index contributed by atoms with van der Waals surface area (Å²) in [7, 11) is 0. The predicted octanol–water partition coefficient (Wildman–Crippen LogP) is 1.25. The molecule has 1 aliphatic heterocycles. The molecule has 9 heavy (non-hydrogen) atoms. The van der Waals surface area contributed by atoms with Crippen LogP contribution >= 0.6 is 0 Å². The van der Waals surface area contributed by atoms with Crippen LogP contribution in [0.4, 0.5) is 9.18 Å². The molecular weight excluding hydrogens is 127 g/mol. The monoisotopic (exact) mass is 134 g/mol. The minimum atomic E-state index is -1.55. The first-order chi connectivity index (χ1) is 4.29. The lowest BCUT2D eigenvalue weighted by Gasteiger charge is -1.85. The Balaban J connectivity index is 0.000000291. The van der Waals surface area contributed by atoms with Crippen molar-refractivity contribution in [1.29, 1.82) is 0 Å². The first-order valence-corrected chi connectivity index (χ1v) is 2.26. The molecule has 0 bridgehead atoms. The summed E-state index contributed by atoms with van der Waals surface area (Å²) in [6.45, 7) is 5.73. The summed E-state index contributed by atoms with van der Waals surface area (Å²) in [6.07, 6.45) is -2.47. The second-order valence-electron chi connectivity index (χ2n) is 1.09. The number of hydrogen-bond acceptors (Lipinski definition) is 3. The first kappa shape index (κ1) is 7.94. The second-order valence-corrected chi connectivity index (χ2v) is 1.09. The highest BCUT2D eigenvalue weighted by molar-refractivity contribution is 5.61. The molecule has 52 valence electrons. The van der Waals surface area contributed by atoms with Crippen molar-refractivity contribution in [2.45, 2.75) is 6.36 Å². The van der Waals surface area contributed by atoms with Crippen LogP contribution < -0.4 is 0 Å². The third-order valence-electron chi connectivity index (χ3n) is 0.556. The Morgan fingerprint density at radius 1 is 1.67 bits per heavy atom. The van der Waals surface area contributed by atoms with Crippen molar-refractivity contribution in [3.05, 3.63) is 13.2 Å². The van der Waals surface area contributed by atoms with Gasteiger partial charge in [0.05, 0.1) is 0 Å². The lowest BCUT2D eigenvalue weighted by atomic mass is 10.8. The zero-order chi connectivity index (χ0) is 7.28. The van der Waals surface area contributed by atoms with Crippen LogP contribution in [0, 0.1) is 0 Å². The number of halogens is 1. The van der Waals surface area contributed by atoms with Gasteiger partial charge in [-0.15, -0.1) is 13.2 Å². The Bertz CT molecular complexity index is 104. The van der Waals surface area contributed by atoms with E-state index in [1.807, 2.05) is 0 Å². The topological polar surface area (TPSA) is 35.5 Å². The van der Waals surface area contributed by atoms with E-state index < -0.39 is 12.5 Å². The molecule has 0 spiro atoms. The fourth-order valence-corrected chi connectivity index (χ4v) is 0.306. The Labute approximate surface area is 52.1 Å². The Hall–Kier alpha value is -1.06. The van der Waals surface area contributed by atoms with Gasteiger partial charge in [-0.1, -0.05) is 0 Å². The predicted molar refractivity (Wildman–Crippen MR) is 28.6 cm³/mol. The molecule has 0 N–H and O–H groups in total. The fourth-order valence-electron chi connectivity index (χ4n) is 0.306. The third-order valence-corrected chi connectivity index (χ3v) is 0.556. The zero-order valence-corrected chi connectivity index (χ0v) is 4.80. The maximum Gasteiger partial charge on any atom is 0.511 e. The van der Waals surface area contributed by atoms with Gasteiger partial charge in [0.25, 0.3) is 6.36 Å². The van der Waals surface area contributed by atoms with Gasteiger partial charge >= 0.3 is 6.16 Å². The summed E-state index contributed by atoms with van der Waals surface area (Å²) < 4.78 is 19.5. The van der Waals surface area contributed by atoms with Crippen LogP contribution in [-0.2, 0) is 9.47 Å².